The molecule has 8 heteroatoms. The molecule has 8 nitrogen and oxygen atoms in total. The summed E-state index contributed by atoms with van der Waals surface area (Å²) in [7, 11) is 1.69. The molecular weight excluding hydrogens is 284 g/mol. The highest BCUT2D eigenvalue weighted by atomic mass is 16.2. The normalized spacial score (nSPS) is 10.5. The zero-order valence-electron chi connectivity index (χ0n) is 12.7. The average molecular weight is 304 g/mol. The molecule has 0 saturated heterocycles. The minimum atomic E-state index is -0.309. The van der Waals surface area contributed by atoms with E-state index in [0.29, 0.717) is 12.2 Å². The van der Waals surface area contributed by atoms with Gasteiger partial charge < -0.3 is 15.2 Å². The Labute approximate surface area is 128 Å². The van der Waals surface area contributed by atoms with Gasteiger partial charge in [0.25, 0.3) is 5.91 Å². The van der Waals surface area contributed by atoms with Gasteiger partial charge in [-0.3, -0.25) is 14.3 Å². The van der Waals surface area contributed by atoms with Crippen LogP contribution in [-0.2, 0) is 18.4 Å². The lowest BCUT2D eigenvalue weighted by molar-refractivity contribution is -0.120. The third-order valence-electron chi connectivity index (χ3n) is 3.12. The van der Waals surface area contributed by atoms with E-state index in [4.69, 9.17) is 0 Å². The van der Waals surface area contributed by atoms with Gasteiger partial charge in [-0.05, 0) is 19.4 Å². The third-order valence-corrected chi connectivity index (χ3v) is 3.12. The maximum atomic E-state index is 11.9. The molecule has 2 rings (SSSR count). The average Bonchev–Trinajstić information content (AvgIpc) is 3.10. The molecule has 0 radical (unpaired) electrons. The van der Waals surface area contributed by atoms with Crippen LogP contribution in [0.3, 0.4) is 0 Å². The molecule has 0 aliphatic heterocycles. The Balaban J connectivity index is 1.65. The molecular formula is C14H20N6O2. The minimum Gasteiger partial charge on any atom is -0.355 e. The van der Waals surface area contributed by atoms with Gasteiger partial charge in [0.2, 0.25) is 5.91 Å². The number of hydrogen-bond donors (Lipinski definition) is 2. The second kappa shape index (κ2) is 7.39. The predicted octanol–water partition coefficient (Wildman–Crippen LogP) is -0.139. The van der Waals surface area contributed by atoms with Crippen LogP contribution in [0.15, 0.2) is 24.8 Å². The summed E-state index contributed by atoms with van der Waals surface area (Å²) in [5.41, 5.74) is 1.20. The van der Waals surface area contributed by atoms with Crippen molar-refractivity contribution in [2.24, 2.45) is 7.05 Å². The van der Waals surface area contributed by atoms with Crippen LogP contribution in [0.1, 0.15) is 22.6 Å². The van der Waals surface area contributed by atoms with E-state index in [-0.39, 0.29) is 18.4 Å². The van der Waals surface area contributed by atoms with E-state index in [1.165, 1.54) is 4.68 Å². The smallest absolute Gasteiger partial charge is 0.269 e. The maximum absolute atomic E-state index is 11.9. The first-order chi connectivity index (χ1) is 10.6. The number of aryl methyl sites for hydroxylation is 3. The lowest BCUT2D eigenvalue weighted by atomic mass is 10.3. The summed E-state index contributed by atoms with van der Waals surface area (Å²) in [4.78, 5) is 27.5. The van der Waals surface area contributed by atoms with E-state index in [2.05, 4.69) is 20.7 Å². The maximum Gasteiger partial charge on any atom is 0.269 e. The van der Waals surface area contributed by atoms with E-state index in [9.17, 15) is 9.59 Å². The molecule has 2 N–H and O–H groups in total. The summed E-state index contributed by atoms with van der Waals surface area (Å²) >= 11 is 0. The second-order valence-corrected chi connectivity index (χ2v) is 4.98. The Kier molecular flexibility index (Phi) is 5.29. The van der Waals surface area contributed by atoms with Gasteiger partial charge in [-0.25, -0.2) is 4.98 Å². The lowest BCUT2D eigenvalue weighted by Crippen LogP contribution is -2.38. The number of imidazole rings is 1. The summed E-state index contributed by atoms with van der Waals surface area (Å²) in [5.74, 6) is -0.519. The van der Waals surface area contributed by atoms with Crippen LogP contribution in [0.2, 0.25) is 0 Å². The fourth-order valence-corrected chi connectivity index (χ4v) is 2.05. The Hall–Kier alpha value is -2.64. The van der Waals surface area contributed by atoms with Crippen molar-refractivity contribution in [2.75, 3.05) is 13.1 Å². The molecule has 2 aromatic rings. The first-order valence-corrected chi connectivity index (χ1v) is 7.07. The van der Waals surface area contributed by atoms with Gasteiger partial charge in [0.05, 0.1) is 18.6 Å². The second-order valence-electron chi connectivity index (χ2n) is 4.98. The number of carbonyl (C=O) groups is 2. The van der Waals surface area contributed by atoms with Crippen molar-refractivity contribution in [2.45, 2.75) is 19.9 Å². The van der Waals surface area contributed by atoms with Gasteiger partial charge in [0.1, 0.15) is 5.69 Å². The molecule has 0 aromatic carbocycles. The number of aromatic nitrogens is 4. The van der Waals surface area contributed by atoms with Gasteiger partial charge in [-0.15, -0.1) is 0 Å². The van der Waals surface area contributed by atoms with Crippen LogP contribution in [0.25, 0.3) is 0 Å². The number of rotatable bonds is 7. The van der Waals surface area contributed by atoms with Crippen molar-refractivity contribution in [3.8, 4) is 0 Å². The summed E-state index contributed by atoms with van der Waals surface area (Å²) in [6.07, 6.45) is 6.13. The minimum absolute atomic E-state index is 0.0475. The van der Waals surface area contributed by atoms with E-state index in [1.54, 1.807) is 25.6 Å². The highest BCUT2D eigenvalue weighted by molar-refractivity contribution is 5.95. The van der Waals surface area contributed by atoms with Gasteiger partial charge in [-0.1, -0.05) is 0 Å². The molecule has 2 aromatic heterocycles. The molecule has 2 heterocycles. The molecule has 22 heavy (non-hydrogen) atoms. The van der Waals surface area contributed by atoms with E-state index in [0.717, 1.165) is 18.7 Å². The van der Waals surface area contributed by atoms with Crippen molar-refractivity contribution in [1.82, 2.24) is 30.0 Å². The first kappa shape index (κ1) is 15.7. The van der Waals surface area contributed by atoms with Gasteiger partial charge in [0, 0.05) is 32.5 Å². The van der Waals surface area contributed by atoms with Crippen LogP contribution < -0.4 is 10.6 Å². The molecule has 0 spiro atoms. The number of hydrogen-bond acceptors (Lipinski definition) is 4. The van der Waals surface area contributed by atoms with E-state index >= 15 is 0 Å². The van der Waals surface area contributed by atoms with Gasteiger partial charge >= 0.3 is 0 Å². The molecule has 0 unspecified atom stereocenters. The van der Waals surface area contributed by atoms with Crippen LogP contribution in [0, 0.1) is 6.92 Å². The summed E-state index contributed by atoms with van der Waals surface area (Å²) < 4.78 is 3.44. The zero-order valence-corrected chi connectivity index (χ0v) is 12.7. The SMILES string of the molecule is Cc1cc(C(=O)NCC(=O)NCCCn2ccnc2)n(C)n1. The Morgan fingerprint density at radius 1 is 1.32 bits per heavy atom. The standard InChI is InChI=1S/C14H20N6O2/c1-11-8-12(19(2)18-11)14(22)17-9-13(21)16-4-3-6-20-7-5-15-10-20/h5,7-8,10H,3-4,6,9H2,1-2H3,(H,16,21)(H,17,22). The van der Waals surface area contributed by atoms with Crippen molar-refractivity contribution >= 4 is 11.8 Å². The predicted molar refractivity (Wildman–Crippen MR) is 80.1 cm³/mol. The van der Waals surface area contributed by atoms with Gasteiger partial charge in [0.15, 0.2) is 0 Å². The molecule has 0 fully saturated rings. The fraction of sp³-hybridized carbons (Fsp3) is 0.429. The fourth-order valence-electron chi connectivity index (χ4n) is 2.05. The zero-order chi connectivity index (χ0) is 15.9. The van der Waals surface area contributed by atoms with Crippen LogP contribution >= 0.6 is 0 Å². The van der Waals surface area contributed by atoms with E-state index < -0.39 is 0 Å². The number of amides is 2. The monoisotopic (exact) mass is 304 g/mol. The topological polar surface area (TPSA) is 93.8 Å². The quantitative estimate of drug-likeness (QED) is 0.696. The Morgan fingerprint density at radius 3 is 2.77 bits per heavy atom. The van der Waals surface area contributed by atoms with Gasteiger partial charge in [-0.2, -0.15) is 5.10 Å². The first-order valence-electron chi connectivity index (χ1n) is 7.07. The molecule has 0 aliphatic carbocycles. The number of nitrogens with one attached hydrogen (secondary N) is 2. The molecule has 0 atom stereocenters. The van der Waals surface area contributed by atoms with Crippen molar-refractivity contribution in [3.63, 3.8) is 0 Å². The highest BCUT2D eigenvalue weighted by Crippen LogP contribution is 2.00. The Morgan fingerprint density at radius 2 is 2.14 bits per heavy atom. The van der Waals surface area contributed by atoms with Crippen molar-refractivity contribution in [1.29, 1.82) is 0 Å². The van der Waals surface area contributed by atoms with Crippen LogP contribution in [0.4, 0.5) is 0 Å². The summed E-state index contributed by atoms with van der Waals surface area (Å²) in [5, 5.41) is 9.43. The van der Waals surface area contributed by atoms with Crippen LogP contribution in [-0.4, -0.2) is 44.2 Å². The Bertz CT molecular complexity index is 632. The lowest BCUT2D eigenvalue weighted by Gasteiger charge is -2.07. The molecule has 0 aliphatic rings. The number of nitrogens with zero attached hydrogens (tertiary/aromatic N) is 4. The molecule has 118 valence electrons. The number of carbonyl (C=O) groups excluding carboxylic acids is 2. The third kappa shape index (κ3) is 4.44. The molecule has 0 saturated carbocycles. The molecule has 2 amide bonds. The largest absolute Gasteiger partial charge is 0.355 e. The van der Waals surface area contributed by atoms with E-state index in [1.807, 2.05) is 17.7 Å². The van der Waals surface area contributed by atoms with Crippen LogP contribution in [0.5, 0.6) is 0 Å². The van der Waals surface area contributed by atoms with Crippen molar-refractivity contribution < 1.29 is 9.59 Å². The molecule has 0 bridgehead atoms. The summed E-state index contributed by atoms with van der Waals surface area (Å²) in [6, 6.07) is 1.68. The summed E-state index contributed by atoms with van der Waals surface area (Å²) in [6.45, 7) is 3.11. The highest BCUT2D eigenvalue weighted by Gasteiger charge is 2.12. The van der Waals surface area contributed by atoms with Crippen molar-refractivity contribution in [3.05, 3.63) is 36.2 Å².